The van der Waals surface area contributed by atoms with Gasteiger partial charge in [-0.15, -0.1) is 0 Å². The molecule has 0 unspecified atom stereocenters. The van der Waals surface area contributed by atoms with Crippen molar-refractivity contribution in [3.05, 3.63) is 29.9 Å². The van der Waals surface area contributed by atoms with Crippen LogP contribution in [0.15, 0.2) is 16.9 Å². The summed E-state index contributed by atoms with van der Waals surface area (Å²) in [6, 6.07) is 0. The second-order valence-corrected chi connectivity index (χ2v) is 5.36. The summed E-state index contributed by atoms with van der Waals surface area (Å²) in [6.07, 6.45) is 2.92. The van der Waals surface area contributed by atoms with Gasteiger partial charge in [0.15, 0.2) is 17.8 Å². The van der Waals surface area contributed by atoms with Crippen molar-refractivity contribution in [2.75, 3.05) is 13.1 Å². The minimum atomic E-state index is -0.404. The third kappa shape index (κ3) is 2.74. The van der Waals surface area contributed by atoms with Gasteiger partial charge in [-0.3, -0.25) is 4.79 Å². The van der Waals surface area contributed by atoms with Crippen molar-refractivity contribution >= 4 is 5.91 Å². The molecule has 3 rings (SSSR count). The largest absolute Gasteiger partial charge is 0.362 e. The predicted octanol–water partition coefficient (Wildman–Crippen LogP) is 1.20. The predicted molar refractivity (Wildman–Crippen MR) is 76.1 cm³/mol. The fraction of sp³-hybridized carbons (Fsp3) is 0.571. The van der Waals surface area contributed by atoms with Crippen molar-refractivity contribution in [1.29, 1.82) is 0 Å². The molecule has 22 heavy (non-hydrogen) atoms. The summed E-state index contributed by atoms with van der Waals surface area (Å²) in [7, 11) is 0. The van der Waals surface area contributed by atoms with E-state index in [4.69, 9.17) is 9.26 Å². The number of hydrogen-bond acceptors (Lipinski definition) is 6. The highest BCUT2D eigenvalue weighted by Crippen LogP contribution is 2.24. The number of amides is 1. The van der Waals surface area contributed by atoms with Crippen LogP contribution < -0.4 is 0 Å². The van der Waals surface area contributed by atoms with Crippen molar-refractivity contribution < 1.29 is 14.1 Å². The van der Waals surface area contributed by atoms with Crippen molar-refractivity contribution in [1.82, 2.24) is 24.6 Å². The molecule has 0 radical (unpaired) electrons. The van der Waals surface area contributed by atoms with Crippen LogP contribution in [0, 0.1) is 6.92 Å². The number of aromatic nitrogens is 4. The summed E-state index contributed by atoms with van der Waals surface area (Å²) in [5.74, 6) is 1.29. The fourth-order valence-electron chi connectivity index (χ4n) is 2.60. The maximum atomic E-state index is 12.7. The molecule has 2 aromatic rings. The molecular weight excluding hydrogens is 286 g/mol. The number of morpholine rings is 1. The van der Waals surface area contributed by atoms with Gasteiger partial charge >= 0.3 is 0 Å². The number of carbonyl (C=O) groups is 1. The zero-order valence-electron chi connectivity index (χ0n) is 12.9. The lowest BCUT2D eigenvalue weighted by atomic mass is 10.2. The molecule has 0 spiro atoms. The third-order valence-corrected chi connectivity index (χ3v) is 3.61. The molecule has 1 fully saturated rings. The monoisotopic (exact) mass is 305 g/mol. The summed E-state index contributed by atoms with van der Waals surface area (Å²) in [5, 5.41) is 3.78. The Morgan fingerprint density at radius 3 is 2.95 bits per heavy atom. The molecule has 2 aromatic heterocycles. The van der Waals surface area contributed by atoms with Crippen LogP contribution in [-0.2, 0) is 11.3 Å². The highest BCUT2D eigenvalue weighted by atomic mass is 16.5. The molecule has 0 N–H and O–H groups in total. The van der Waals surface area contributed by atoms with Crippen LogP contribution >= 0.6 is 0 Å². The number of hydrogen-bond donors (Lipinski definition) is 0. The molecular formula is C14H19N5O3. The maximum absolute atomic E-state index is 12.7. The summed E-state index contributed by atoms with van der Waals surface area (Å²) in [5.41, 5.74) is 0. The number of ether oxygens (including phenoxy) is 1. The molecule has 0 aromatic carbocycles. The average Bonchev–Trinajstić information content (AvgIpc) is 3.14. The molecule has 8 heteroatoms. The number of nitrogens with zero attached hydrogens (tertiary/aromatic N) is 5. The Bertz CT molecular complexity index is 665. The molecule has 2 atom stereocenters. The number of carbonyl (C=O) groups excluding carboxylic acids is 1. The van der Waals surface area contributed by atoms with Gasteiger partial charge in [0.2, 0.25) is 0 Å². The van der Waals surface area contributed by atoms with E-state index >= 15 is 0 Å². The van der Waals surface area contributed by atoms with E-state index in [0.29, 0.717) is 37.2 Å². The molecule has 118 valence electrons. The maximum Gasteiger partial charge on any atom is 0.290 e. The smallest absolute Gasteiger partial charge is 0.290 e. The van der Waals surface area contributed by atoms with Crippen LogP contribution in [0.4, 0.5) is 0 Å². The number of imidazole rings is 1. The molecule has 0 saturated carbocycles. The van der Waals surface area contributed by atoms with E-state index in [0.717, 1.165) is 0 Å². The highest BCUT2D eigenvalue weighted by molar-refractivity contribution is 5.91. The van der Waals surface area contributed by atoms with Gasteiger partial charge in [0.1, 0.15) is 0 Å². The van der Waals surface area contributed by atoms with Gasteiger partial charge in [-0.1, -0.05) is 5.16 Å². The van der Waals surface area contributed by atoms with E-state index in [1.165, 1.54) is 0 Å². The molecule has 0 bridgehead atoms. The fourth-order valence-corrected chi connectivity index (χ4v) is 2.60. The first-order valence-corrected chi connectivity index (χ1v) is 7.34. The lowest BCUT2D eigenvalue weighted by molar-refractivity contribution is -0.0813. The van der Waals surface area contributed by atoms with Gasteiger partial charge in [0, 0.05) is 25.5 Å². The van der Waals surface area contributed by atoms with Crippen LogP contribution in [0.1, 0.15) is 42.3 Å². The molecule has 8 nitrogen and oxygen atoms in total. The van der Waals surface area contributed by atoms with Crippen LogP contribution in [-0.4, -0.2) is 49.7 Å². The van der Waals surface area contributed by atoms with Crippen molar-refractivity contribution in [3.8, 4) is 0 Å². The van der Waals surface area contributed by atoms with Crippen LogP contribution in [0.5, 0.6) is 0 Å². The van der Waals surface area contributed by atoms with E-state index in [1.807, 2.05) is 18.4 Å². The molecule has 0 aliphatic carbocycles. The number of rotatable bonds is 3. The van der Waals surface area contributed by atoms with E-state index in [9.17, 15) is 4.79 Å². The van der Waals surface area contributed by atoms with E-state index < -0.39 is 6.10 Å². The minimum absolute atomic E-state index is 0.108. The molecule has 1 saturated heterocycles. The summed E-state index contributed by atoms with van der Waals surface area (Å²) >= 11 is 0. The Labute approximate surface area is 128 Å². The van der Waals surface area contributed by atoms with E-state index in [-0.39, 0.29) is 12.0 Å². The van der Waals surface area contributed by atoms with Crippen LogP contribution in [0.2, 0.25) is 0 Å². The molecule has 3 heterocycles. The Hall–Kier alpha value is -2.22. The SMILES string of the molecule is CCn1ccnc1C(=O)N1C[C@@H](C)O[C@@H](c2nc(C)no2)C1. The number of aryl methyl sites for hydroxylation is 2. The lowest BCUT2D eigenvalue weighted by Crippen LogP contribution is -2.46. The van der Waals surface area contributed by atoms with E-state index in [1.54, 1.807) is 24.2 Å². The Kier molecular flexibility index (Phi) is 3.93. The second kappa shape index (κ2) is 5.88. The average molecular weight is 305 g/mol. The Morgan fingerprint density at radius 1 is 1.45 bits per heavy atom. The van der Waals surface area contributed by atoms with Crippen molar-refractivity contribution in [2.45, 2.75) is 39.5 Å². The first-order valence-electron chi connectivity index (χ1n) is 7.34. The quantitative estimate of drug-likeness (QED) is 0.847. The molecule has 1 aliphatic rings. The third-order valence-electron chi connectivity index (χ3n) is 3.61. The molecule has 1 amide bonds. The summed E-state index contributed by atoms with van der Waals surface area (Å²) in [6.45, 7) is 7.24. The Morgan fingerprint density at radius 2 is 2.27 bits per heavy atom. The van der Waals surface area contributed by atoms with Crippen LogP contribution in [0.3, 0.4) is 0 Å². The van der Waals surface area contributed by atoms with Gasteiger partial charge in [-0.25, -0.2) is 4.98 Å². The second-order valence-electron chi connectivity index (χ2n) is 5.36. The zero-order chi connectivity index (χ0) is 15.7. The van der Waals surface area contributed by atoms with Gasteiger partial charge in [0.25, 0.3) is 11.8 Å². The first-order chi connectivity index (χ1) is 10.6. The van der Waals surface area contributed by atoms with Crippen LogP contribution in [0.25, 0.3) is 0 Å². The lowest BCUT2D eigenvalue weighted by Gasteiger charge is -2.35. The Balaban J connectivity index is 1.80. The highest BCUT2D eigenvalue weighted by Gasteiger charge is 2.34. The minimum Gasteiger partial charge on any atom is -0.362 e. The first kappa shape index (κ1) is 14.7. The standard InChI is InChI=1S/C14H19N5O3/c1-4-18-6-5-15-12(18)14(20)19-7-9(2)21-11(8-19)13-16-10(3)17-22-13/h5-6,9,11H,4,7-8H2,1-3H3/t9-,11-/m1/s1. The van der Waals surface area contributed by atoms with E-state index in [2.05, 4.69) is 15.1 Å². The topological polar surface area (TPSA) is 86.3 Å². The normalized spacial score (nSPS) is 22.0. The summed E-state index contributed by atoms with van der Waals surface area (Å²) < 4.78 is 12.8. The van der Waals surface area contributed by atoms with Crippen molar-refractivity contribution in [2.24, 2.45) is 0 Å². The zero-order valence-corrected chi connectivity index (χ0v) is 12.9. The van der Waals surface area contributed by atoms with Gasteiger partial charge < -0.3 is 18.7 Å². The van der Waals surface area contributed by atoms with Gasteiger partial charge in [0.05, 0.1) is 12.6 Å². The van der Waals surface area contributed by atoms with Crippen molar-refractivity contribution in [3.63, 3.8) is 0 Å². The van der Waals surface area contributed by atoms with Gasteiger partial charge in [-0.2, -0.15) is 4.98 Å². The molecule has 1 aliphatic heterocycles. The van der Waals surface area contributed by atoms with Gasteiger partial charge in [-0.05, 0) is 20.8 Å². The summed E-state index contributed by atoms with van der Waals surface area (Å²) in [4.78, 5) is 22.8.